The number of hydrogen-bond donors (Lipinski definition) is 7. The van der Waals surface area contributed by atoms with E-state index < -0.39 is 17.7 Å². The number of carbonyl (C=O) groups is 7. The van der Waals surface area contributed by atoms with Crippen LogP contribution in [0.15, 0.2) is 0 Å². The van der Waals surface area contributed by atoms with E-state index in [4.69, 9.17) is 11.5 Å². The topological polar surface area (TPSA) is 300 Å². The number of halogens is 1. The van der Waals surface area contributed by atoms with Crippen molar-refractivity contribution in [3.05, 3.63) is 16.8 Å². The molecular formula is C37H69FeIN10O10Pt-3. The van der Waals surface area contributed by atoms with Crippen molar-refractivity contribution in [1.82, 2.24) is 36.5 Å². The van der Waals surface area contributed by atoms with E-state index in [1.54, 1.807) is 0 Å². The molecule has 0 aliphatic carbocycles. The first-order valence-corrected chi connectivity index (χ1v) is 26.8. The average Bonchev–Trinajstić information content (AvgIpc) is 3.24. The summed E-state index contributed by atoms with van der Waals surface area (Å²) < 4.78 is 0. The van der Waals surface area contributed by atoms with Crippen LogP contribution < -0.4 is 21.3 Å². The summed E-state index contributed by atoms with van der Waals surface area (Å²) in [6.07, 6.45) is 7.31. The number of hydroxylamine groups is 6. The molecule has 0 aromatic rings. The first-order valence-electron chi connectivity index (χ1n) is 20.4. The molecule has 1 heterocycles. The fraction of sp³-hybridized carbons (Fsp3) is 0.811. The molecular weight excluding hydrogens is 1120 g/mol. The van der Waals surface area contributed by atoms with Gasteiger partial charge in [0.1, 0.15) is 0 Å². The molecule has 1 fully saturated rings. The first-order chi connectivity index (χ1) is 28.3. The molecule has 0 radical (unpaired) electrons. The third-order valence-corrected chi connectivity index (χ3v) is 8.86. The fourth-order valence-corrected chi connectivity index (χ4v) is 5.33. The van der Waals surface area contributed by atoms with Gasteiger partial charge in [0.25, 0.3) is 0 Å². The number of hydrogen-bond acceptors (Lipinski definition) is 10. The molecule has 1 rings (SSSR count). The van der Waals surface area contributed by atoms with Crippen LogP contribution in [0.4, 0.5) is 0 Å². The molecule has 0 bridgehead atoms. The van der Waals surface area contributed by atoms with Gasteiger partial charge in [0.05, 0.1) is 0 Å². The SMILES string of the molecule is CC(=O)N(O)CCCCCNC(=O)CCC(=O)N(O)CCCCCNC(=O)CCC(=O)N(O)CCCCCNC(=O)CCC(=O)NCC1CC[N-]CC1.[Fe].[I][Pt].[NH-]CC[NH-]. The molecule has 9 N–H and O–H groups in total. The van der Waals surface area contributed by atoms with E-state index in [2.05, 4.69) is 62.1 Å². The van der Waals surface area contributed by atoms with E-state index >= 15 is 0 Å². The summed E-state index contributed by atoms with van der Waals surface area (Å²) in [6, 6.07) is 0. The van der Waals surface area contributed by atoms with E-state index in [1.165, 1.54) is 6.92 Å². The van der Waals surface area contributed by atoms with Crippen molar-refractivity contribution in [2.75, 3.05) is 72.0 Å². The Hall–Kier alpha value is -2.01. The molecule has 0 unspecified atom stereocenters. The van der Waals surface area contributed by atoms with Gasteiger partial charge in [-0.2, -0.15) is 13.1 Å². The van der Waals surface area contributed by atoms with Crippen LogP contribution in [0.3, 0.4) is 0 Å². The van der Waals surface area contributed by atoms with E-state index in [9.17, 15) is 49.2 Å². The maximum absolute atomic E-state index is 12.2. The van der Waals surface area contributed by atoms with Crippen molar-refractivity contribution in [3.63, 3.8) is 0 Å². The Morgan fingerprint density at radius 3 is 1.25 bits per heavy atom. The number of unbranched alkanes of at least 4 members (excludes halogenated alkanes) is 6. The molecule has 0 aromatic carbocycles. The van der Waals surface area contributed by atoms with Crippen LogP contribution in [0.2, 0.25) is 0 Å². The second kappa shape index (κ2) is 43.6. The molecule has 60 heavy (non-hydrogen) atoms. The maximum atomic E-state index is 12.2. The van der Waals surface area contributed by atoms with Gasteiger partial charge in [-0.3, -0.25) is 49.2 Å². The van der Waals surface area contributed by atoms with E-state index in [-0.39, 0.29) is 112 Å². The number of carbonyl (C=O) groups excluding carboxylic acids is 7. The van der Waals surface area contributed by atoms with E-state index in [0.29, 0.717) is 105 Å². The monoisotopic (exact) mass is 1190 g/mol. The van der Waals surface area contributed by atoms with Gasteiger partial charge in [-0.1, -0.05) is 12.8 Å². The third-order valence-electron chi connectivity index (χ3n) is 8.86. The Kier molecular flexibility index (Phi) is 45.3. The van der Waals surface area contributed by atoms with Crippen LogP contribution in [0.25, 0.3) is 16.8 Å². The van der Waals surface area contributed by atoms with Gasteiger partial charge < -0.3 is 38.1 Å². The summed E-state index contributed by atoms with van der Waals surface area (Å²) in [5, 5.41) is 46.4. The van der Waals surface area contributed by atoms with Crippen LogP contribution in [0.1, 0.15) is 116 Å². The molecule has 1 aliphatic rings. The van der Waals surface area contributed by atoms with Crippen molar-refractivity contribution in [1.29, 1.82) is 0 Å². The second-order valence-electron chi connectivity index (χ2n) is 13.8. The summed E-state index contributed by atoms with van der Waals surface area (Å²) in [7, 11) is 0. The number of rotatable bonds is 30. The number of nitrogens with one attached hydrogen (secondary N) is 6. The van der Waals surface area contributed by atoms with Gasteiger partial charge in [0.2, 0.25) is 41.4 Å². The minimum Gasteiger partial charge on any atom is -0.679 e. The van der Waals surface area contributed by atoms with E-state index in [0.717, 1.165) is 25.9 Å². The summed E-state index contributed by atoms with van der Waals surface area (Å²) in [5.74, 6) is -2.07. The molecule has 23 heteroatoms. The molecule has 0 saturated carbocycles. The predicted octanol–water partition coefficient (Wildman–Crippen LogP) is 3.73. The minimum atomic E-state index is -0.566. The molecule has 1 aliphatic heterocycles. The third kappa shape index (κ3) is 38.9. The molecule has 355 valence electrons. The van der Waals surface area contributed by atoms with Crippen molar-refractivity contribution in [3.8, 4) is 0 Å². The molecule has 7 amide bonds. The largest absolute Gasteiger partial charge is 0.679 e. The Morgan fingerprint density at radius 1 is 0.567 bits per heavy atom. The van der Waals surface area contributed by atoms with Crippen molar-refractivity contribution >= 4 is 60.7 Å². The standard InChI is InChI=1S/C35H63N8O10.C2H6N2.Fe.HI.Pt/c1-28(44)41(51)24-8-2-5-20-38-31(46)13-15-34(49)43(53)26-10-4-7-21-39-32(47)14-16-35(50)42(52)25-9-3-6-19-37-30(45)11-12-33(48)40-27-29-17-22-36-23-18-29;3-1-2-4;;;/h29,51-53H,2-27H2,1H3,(H,37,45)(H,38,46)(H,39,47)(H,40,48);3-4H,1-2H2;;1H;/q-1;-2;;;+1/p-1. The summed E-state index contributed by atoms with van der Waals surface area (Å²) in [4.78, 5) is 83.2. The van der Waals surface area contributed by atoms with Gasteiger partial charge in [0, 0.05) is 108 Å². The zero-order chi connectivity index (χ0) is 44.7. The second-order valence-corrected chi connectivity index (χ2v) is 13.8. The zero-order valence-electron chi connectivity index (χ0n) is 34.9. The fourth-order valence-electron chi connectivity index (χ4n) is 5.33. The summed E-state index contributed by atoms with van der Waals surface area (Å²) in [6.45, 7) is 5.67. The maximum Gasteiger partial charge on any atom is -0.171 e. The molecule has 20 nitrogen and oxygen atoms in total. The number of amides is 7. The Balaban J connectivity index is -0.00000436. The number of nitrogens with zero attached hydrogens (tertiary/aromatic N) is 4. The smallest absolute Gasteiger partial charge is 0.171 e. The number of piperidine rings is 1. The van der Waals surface area contributed by atoms with Crippen LogP contribution in [0, 0.1) is 5.92 Å². The molecule has 0 aromatic heterocycles. The van der Waals surface area contributed by atoms with Crippen LogP contribution in [0.5, 0.6) is 0 Å². The average molecular weight is 1190 g/mol. The first kappa shape index (κ1) is 62.3. The van der Waals surface area contributed by atoms with Crippen molar-refractivity contribution < 1.29 is 82.4 Å². The van der Waals surface area contributed by atoms with E-state index in [1.807, 2.05) is 0 Å². The predicted molar refractivity (Wildman–Crippen MR) is 226 cm³/mol. The van der Waals surface area contributed by atoms with Crippen molar-refractivity contribution in [2.24, 2.45) is 5.92 Å². The van der Waals surface area contributed by atoms with Gasteiger partial charge in [-0.25, -0.2) is 15.2 Å². The van der Waals surface area contributed by atoms with Gasteiger partial charge in [-0.15, -0.1) is 13.1 Å². The van der Waals surface area contributed by atoms with Gasteiger partial charge >= 0.3 is 35.5 Å². The quantitative estimate of drug-likeness (QED) is 0.0180. The van der Waals surface area contributed by atoms with Crippen molar-refractivity contribution in [2.45, 2.75) is 116 Å². The summed E-state index contributed by atoms with van der Waals surface area (Å²) >= 11 is 4.23. The Bertz CT molecular complexity index is 1180. The van der Waals surface area contributed by atoms with Gasteiger partial charge in [-0.05, 0) is 63.7 Å². The van der Waals surface area contributed by atoms with Crippen LogP contribution in [-0.4, -0.2) is 144 Å². The normalized spacial score (nSPS) is 11.9. The molecule has 1 saturated heterocycles. The molecule has 0 spiro atoms. The van der Waals surface area contributed by atoms with Crippen LogP contribution >= 0.6 is 19.4 Å². The summed E-state index contributed by atoms with van der Waals surface area (Å²) in [5.41, 5.74) is 12.5. The van der Waals surface area contributed by atoms with Crippen LogP contribution in [-0.2, 0) is 66.8 Å². The molecule has 0 atom stereocenters. The Labute approximate surface area is 388 Å². The minimum absolute atomic E-state index is 0. The zero-order valence-corrected chi connectivity index (χ0v) is 40.4. The Morgan fingerprint density at radius 2 is 0.900 bits per heavy atom. The van der Waals surface area contributed by atoms with Gasteiger partial charge in [0.15, 0.2) is 0 Å².